The molecule has 5 heteroatoms. The summed E-state index contributed by atoms with van der Waals surface area (Å²) in [4.78, 5) is 10.5. The summed E-state index contributed by atoms with van der Waals surface area (Å²) in [6.45, 7) is 3.90. The van der Waals surface area contributed by atoms with Gasteiger partial charge in [-0.2, -0.15) is 0 Å². The SMILES string of the molecule is CCOc1ccc(NC(C)CC(=O)O)cc1F. The minimum Gasteiger partial charge on any atom is -0.491 e. The molecule has 0 saturated heterocycles. The van der Waals surface area contributed by atoms with Crippen molar-refractivity contribution in [1.29, 1.82) is 0 Å². The molecule has 17 heavy (non-hydrogen) atoms. The van der Waals surface area contributed by atoms with Gasteiger partial charge in [0.25, 0.3) is 0 Å². The van der Waals surface area contributed by atoms with E-state index in [0.717, 1.165) is 0 Å². The van der Waals surface area contributed by atoms with Crippen LogP contribution < -0.4 is 10.1 Å². The molecule has 2 N–H and O–H groups in total. The van der Waals surface area contributed by atoms with E-state index in [4.69, 9.17) is 9.84 Å². The largest absolute Gasteiger partial charge is 0.491 e. The summed E-state index contributed by atoms with van der Waals surface area (Å²) < 4.78 is 18.5. The fourth-order valence-electron chi connectivity index (χ4n) is 1.46. The molecule has 1 rings (SSSR count). The van der Waals surface area contributed by atoms with Crippen molar-refractivity contribution in [1.82, 2.24) is 0 Å². The summed E-state index contributed by atoms with van der Waals surface area (Å²) in [5, 5.41) is 11.5. The molecule has 1 aromatic rings. The average molecular weight is 241 g/mol. The van der Waals surface area contributed by atoms with Crippen LogP contribution >= 0.6 is 0 Å². The number of carboxylic acid groups (broad SMARTS) is 1. The van der Waals surface area contributed by atoms with Gasteiger partial charge in [0.05, 0.1) is 13.0 Å². The number of halogens is 1. The van der Waals surface area contributed by atoms with Crippen LogP contribution in [0.2, 0.25) is 0 Å². The van der Waals surface area contributed by atoms with Gasteiger partial charge < -0.3 is 15.2 Å². The van der Waals surface area contributed by atoms with Gasteiger partial charge in [-0.1, -0.05) is 0 Å². The number of hydrogen-bond donors (Lipinski definition) is 2. The number of carboxylic acids is 1. The maximum Gasteiger partial charge on any atom is 0.305 e. The smallest absolute Gasteiger partial charge is 0.305 e. The van der Waals surface area contributed by atoms with Crippen molar-refractivity contribution in [3.63, 3.8) is 0 Å². The molecule has 0 bridgehead atoms. The third kappa shape index (κ3) is 4.30. The van der Waals surface area contributed by atoms with E-state index in [1.807, 2.05) is 0 Å². The lowest BCUT2D eigenvalue weighted by Gasteiger charge is -2.14. The van der Waals surface area contributed by atoms with Crippen molar-refractivity contribution in [2.75, 3.05) is 11.9 Å². The van der Waals surface area contributed by atoms with Gasteiger partial charge >= 0.3 is 5.97 Å². The Morgan fingerprint density at radius 1 is 1.59 bits per heavy atom. The molecule has 0 amide bonds. The van der Waals surface area contributed by atoms with Crippen molar-refractivity contribution in [3.05, 3.63) is 24.0 Å². The number of nitrogens with one attached hydrogen (secondary N) is 1. The first-order valence-corrected chi connectivity index (χ1v) is 5.43. The molecule has 0 spiro atoms. The molecule has 0 heterocycles. The number of ether oxygens (including phenoxy) is 1. The Morgan fingerprint density at radius 3 is 2.82 bits per heavy atom. The molecule has 94 valence electrons. The maximum atomic E-state index is 13.5. The first-order valence-electron chi connectivity index (χ1n) is 5.43. The highest BCUT2D eigenvalue weighted by molar-refractivity contribution is 5.68. The molecule has 0 aliphatic carbocycles. The van der Waals surface area contributed by atoms with Crippen molar-refractivity contribution in [2.24, 2.45) is 0 Å². The first kappa shape index (κ1) is 13.3. The lowest BCUT2D eigenvalue weighted by Crippen LogP contribution is -2.19. The zero-order valence-corrected chi connectivity index (χ0v) is 9.87. The van der Waals surface area contributed by atoms with E-state index in [1.165, 1.54) is 12.1 Å². The molecule has 0 aromatic heterocycles. The third-order valence-corrected chi connectivity index (χ3v) is 2.13. The highest BCUT2D eigenvalue weighted by atomic mass is 19.1. The number of carbonyl (C=O) groups is 1. The van der Waals surface area contributed by atoms with E-state index in [9.17, 15) is 9.18 Å². The van der Waals surface area contributed by atoms with Gasteiger partial charge in [0, 0.05) is 17.8 Å². The minimum absolute atomic E-state index is 0.0190. The van der Waals surface area contributed by atoms with Crippen LogP contribution in [0.4, 0.5) is 10.1 Å². The summed E-state index contributed by atoms with van der Waals surface area (Å²) in [6.07, 6.45) is -0.0190. The fourth-order valence-corrected chi connectivity index (χ4v) is 1.46. The van der Waals surface area contributed by atoms with Gasteiger partial charge in [-0.25, -0.2) is 4.39 Å². The summed E-state index contributed by atoms with van der Waals surface area (Å²) in [7, 11) is 0. The van der Waals surface area contributed by atoms with Crippen molar-refractivity contribution >= 4 is 11.7 Å². The molecular weight excluding hydrogens is 225 g/mol. The van der Waals surface area contributed by atoms with E-state index < -0.39 is 11.8 Å². The third-order valence-electron chi connectivity index (χ3n) is 2.13. The molecule has 1 atom stereocenters. The molecule has 0 aliphatic heterocycles. The number of hydrogen-bond acceptors (Lipinski definition) is 3. The van der Waals surface area contributed by atoms with Crippen molar-refractivity contribution in [3.8, 4) is 5.75 Å². The van der Waals surface area contributed by atoms with Crippen LogP contribution in [0.1, 0.15) is 20.3 Å². The quantitative estimate of drug-likeness (QED) is 0.803. The van der Waals surface area contributed by atoms with Crippen LogP contribution in [0.25, 0.3) is 0 Å². The normalized spacial score (nSPS) is 11.9. The van der Waals surface area contributed by atoms with Crippen LogP contribution in [-0.4, -0.2) is 23.7 Å². The maximum absolute atomic E-state index is 13.5. The highest BCUT2D eigenvalue weighted by Crippen LogP contribution is 2.21. The predicted octanol–water partition coefficient (Wildman–Crippen LogP) is 2.50. The Labute approximate surface area is 99.4 Å². The summed E-state index contributed by atoms with van der Waals surface area (Å²) in [5.41, 5.74) is 0.541. The molecule has 0 saturated carbocycles. The van der Waals surface area contributed by atoms with Crippen LogP contribution in [-0.2, 0) is 4.79 Å². The lowest BCUT2D eigenvalue weighted by molar-refractivity contribution is -0.137. The molecular formula is C12H16FNO3. The number of anilines is 1. The molecule has 0 fully saturated rings. The van der Waals surface area contributed by atoms with Crippen molar-refractivity contribution in [2.45, 2.75) is 26.3 Å². The second kappa shape index (κ2) is 6.08. The van der Waals surface area contributed by atoms with Crippen LogP contribution in [0, 0.1) is 5.82 Å². The Kier molecular flexibility index (Phi) is 4.75. The Bertz CT molecular complexity index is 395. The van der Waals surface area contributed by atoms with E-state index >= 15 is 0 Å². The van der Waals surface area contributed by atoms with Gasteiger partial charge in [0.2, 0.25) is 0 Å². The van der Waals surface area contributed by atoms with E-state index in [-0.39, 0.29) is 18.2 Å². The molecule has 4 nitrogen and oxygen atoms in total. The molecule has 1 unspecified atom stereocenters. The predicted molar refractivity (Wildman–Crippen MR) is 62.9 cm³/mol. The monoisotopic (exact) mass is 241 g/mol. The van der Waals surface area contributed by atoms with Crippen LogP contribution in [0.3, 0.4) is 0 Å². The number of benzene rings is 1. The minimum atomic E-state index is -0.892. The van der Waals surface area contributed by atoms with E-state index in [2.05, 4.69) is 5.32 Å². The van der Waals surface area contributed by atoms with Crippen LogP contribution in [0.15, 0.2) is 18.2 Å². The van der Waals surface area contributed by atoms with E-state index in [1.54, 1.807) is 19.9 Å². The summed E-state index contributed by atoms with van der Waals surface area (Å²) in [6, 6.07) is 4.22. The number of aliphatic carboxylic acids is 1. The fraction of sp³-hybridized carbons (Fsp3) is 0.417. The Hall–Kier alpha value is -1.78. The van der Waals surface area contributed by atoms with Crippen molar-refractivity contribution < 1.29 is 19.0 Å². The lowest BCUT2D eigenvalue weighted by atomic mass is 10.2. The second-order valence-corrected chi connectivity index (χ2v) is 3.72. The second-order valence-electron chi connectivity index (χ2n) is 3.72. The molecule has 0 aliphatic rings. The zero-order chi connectivity index (χ0) is 12.8. The van der Waals surface area contributed by atoms with Gasteiger partial charge in [-0.05, 0) is 26.0 Å². The first-order chi connectivity index (χ1) is 8.02. The Morgan fingerprint density at radius 2 is 2.29 bits per heavy atom. The van der Waals surface area contributed by atoms with Gasteiger partial charge in [-0.3, -0.25) is 4.79 Å². The number of rotatable bonds is 6. The summed E-state index contributed by atoms with van der Waals surface area (Å²) in [5.74, 6) is -1.15. The summed E-state index contributed by atoms with van der Waals surface area (Å²) >= 11 is 0. The Balaban J connectivity index is 2.66. The molecule has 0 radical (unpaired) electrons. The average Bonchev–Trinajstić information content (AvgIpc) is 2.21. The van der Waals surface area contributed by atoms with Crippen LogP contribution in [0.5, 0.6) is 5.75 Å². The van der Waals surface area contributed by atoms with E-state index in [0.29, 0.717) is 12.3 Å². The standard InChI is InChI=1S/C12H16FNO3/c1-3-17-11-5-4-9(7-10(11)13)14-8(2)6-12(15)16/h4-5,7-8,14H,3,6H2,1-2H3,(H,15,16). The van der Waals surface area contributed by atoms with Gasteiger partial charge in [-0.15, -0.1) is 0 Å². The topological polar surface area (TPSA) is 58.6 Å². The zero-order valence-electron chi connectivity index (χ0n) is 9.87. The molecule has 1 aromatic carbocycles. The van der Waals surface area contributed by atoms with Gasteiger partial charge in [0.15, 0.2) is 11.6 Å². The van der Waals surface area contributed by atoms with Gasteiger partial charge in [0.1, 0.15) is 0 Å². The highest BCUT2D eigenvalue weighted by Gasteiger charge is 2.09.